The summed E-state index contributed by atoms with van der Waals surface area (Å²) in [7, 11) is 0. The Kier molecular flexibility index (Phi) is 4.55. The van der Waals surface area contributed by atoms with Gasteiger partial charge in [0, 0.05) is 12.2 Å². The van der Waals surface area contributed by atoms with Crippen LogP contribution in [0.5, 0.6) is 0 Å². The molecule has 0 spiro atoms. The molecule has 0 saturated carbocycles. The summed E-state index contributed by atoms with van der Waals surface area (Å²) in [6.07, 6.45) is 2.18. The quantitative estimate of drug-likeness (QED) is 0.812. The van der Waals surface area contributed by atoms with Crippen molar-refractivity contribution in [2.45, 2.75) is 30.0 Å². The number of rotatable bonds is 3. The summed E-state index contributed by atoms with van der Waals surface area (Å²) in [5.41, 5.74) is 4.05. The number of hydrogen-bond acceptors (Lipinski definition) is 5. The summed E-state index contributed by atoms with van der Waals surface area (Å²) < 4.78 is 0.847. The lowest BCUT2D eigenvalue weighted by Gasteiger charge is -2.23. The minimum absolute atomic E-state index is 0.150. The van der Waals surface area contributed by atoms with Crippen LogP contribution in [0.15, 0.2) is 34.1 Å². The van der Waals surface area contributed by atoms with E-state index in [9.17, 15) is 4.79 Å². The predicted octanol–water partition coefficient (Wildman–Crippen LogP) is 3.56. The van der Waals surface area contributed by atoms with Gasteiger partial charge >= 0.3 is 0 Å². The van der Waals surface area contributed by atoms with Crippen molar-refractivity contribution in [3.05, 3.63) is 35.3 Å². The molecule has 2 heterocycles. The number of hydrogen-bond donors (Lipinski definition) is 0. The fourth-order valence-corrected chi connectivity index (χ4v) is 4.03. The van der Waals surface area contributed by atoms with Crippen molar-refractivity contribution in [2.75, 3.05) is 17.2 Å². The first-order valence-electron chi connectivity index (χ1n) is 7.04. The minimum atomic E-state index is 0.150. The Balaban J connectivity index is 1.77. The highest BCUT2D eigenvalue weighted by Gasteiger charge is 2.24. The number of nitrogens with zero attached hydrogens (tertiary/aromatic N) is 3. The lowest BCUT2D eigenvalue weighted by Crippen LogP contribution is -2.33. The summed E-state index contributed by atoms with van der Waals surface area (Å²) >= 11 is 2.94. The van der Waals surface area contributed by atoms with Gasteiger partial charge in [-0.25, -0.2) is 0 Å². The van der Waals surface area contributed by atoms with Crippen molar-refractivity contribution in [2.24, 2.45) is 0 Å². The molecule has 1 amide bonds. The summed E-state index contributed by atoms with van der Waals surface area (Å²) in [5.74, 6) is 1.07. The maximum Gasteiger partial charge on any atom is 0.237 e. The number of amides is 1. The van der Waals surface area contributed by atoms with Crippen molar-refractivity contribution in [1.29, 1.82) is 0 Å². The number of benzene rings is 1. The average molecular weight is 319 g/mol. The third kappa shape index (κ3) is 3.27. The molecule has 1 aliphatic heterocycles. The fraction of sp³-hybridized carbons (Fsp3) is 0.400. The van der Waals surface area contributed by atoms with Crippen molar-refractivity contribution < 1.29 is 4.79 Å². The van der Waals surface area contributed by atoms with Gasteiger partial charge in [0.05, 0.1) is 5.75 Å². The predicted molar refractivity (Wildman–Crippen MR) is 87.1 cm³/mol. The van der Waals surface area contributed by atoms with E-state index in [0.717, 1.165) is 29.4 Å². The first-order valence-corrected chi connectivity index (χ1v) is 8.90. The molecule has 0 radical (unpaired) electrons. The third-order valence-electron chi connectivity index (χ3n) is 3.74. The molecule has 0 aliphatic carbocycles. The molecule has 1 atom stereocenters. The number of carbonyl (C=O) groups is 1. The number of fused-ring (bicyclic) bond motifs is 1. The SMILES string of the molecule is C[C@H]1CCCN(C(=O)CSc2nncs2)c2ccccc21. The van der Waals surface area contributed by atoms with Crippen LogP contribution in [-0.4, -0.2) is 28.4 Å². The zero-order valence-electron chi connectivity index (χ0n) is 11.9. The second-order valence-electron chi connectivity index (χ2n) is 5.14. The number of carbonyl (C=O) groups excluding carboxylic acids is 1. The topological polar surface area (TPSA) is 46.1 Å². The number of para-hydroxylation sites is 1. The van der Waals surface area contributed by atoms with E-state index in [1.165, 1.54) is 28.7 Å². The second-order valence-corrected chi connectivity index (χ2v) is 7.20. The normalized spacial score (nSPS) is 18.1. The lowest BCUT2D eigenvalue weighted by molar-refractivity contribution is -0.116. The molecule has 0 unspecified atom stereocenters. The molecule has 21 heavy (non-hydrogen) atoms. The Morgan fingerprint density at radius 3 is 3.14 bits per heavy atom. The summed E-state index contributed by atoms with van der Waals surface area (Å²) in [6.45, 7) is 3.04. The first-order chi connectivity index (χ1) is 10.3. The largest absolute Gasteiger partial charge is 0.311 e. The third-order valence-corrected chi connectivity index (χ3v) is 5.58. The van der Waals surface area contributed by atoms with Gasteiger partial charge in [-0.3, -0.25) is 4.79 Å². The van der Waals surface area contributed by atoms with Crippen LogP contribution in [0, 0.1) is 0 Å². The summed E-state index contributed by atoms with van der Waals surface area (Å²) in [4.78, 5) is 14.5. The Bertz CT molecular complexity index is 615. The summed E-state index contributed by atoms with van der Waals surface area (Å²) in [5, 5.41) is 7.77. The Labute approximate surface area is 132 Å². The van der Waals surface area contributed by atoms with E-state index in [4.69, 9.17) is 0 Å². The maximum atomic E-state index is 12.6. The average Bonchev–Trinajstić information content (AvgIpc) is 2.96. The van der Waals surface area contributed by atoms with E-state index in [2.05, 4.69) is 35.3 Å². The van der Waals surface area contributed by atoms with Crippen molar-refractivity contribution in [3.8, 4) is 0 Å². The standard InChI is InChI=1S/C15H17N3OS2/c1-11-5-4-8-18(13-7-3-2-6-12(11)13)14(19)9-20-15-17-16-10-21-15/h2-3,6-7,10-11H,4-5,8-9H2,1H3/t11-/m0/s1. The van der Waals surface area contributed by atoms with Crippen molar-refractivity contribution in [3.63, 3.8) is 0 Å². The maximum absolute atomic E-state index is 12.6. The van der Waals surface area contributed by atoms with Crippen LogP contribution in [0.4, 0.5) is 5.69 Å². The van der Waals surface area contributed by atoms with Crippen LogP contribution in [0.1, 0.15) is 31.2 Å². The zero-order chi connectivity index (χ0) is 14.7. The van der Waals surface area contributed by atoms with Crippen LogP contribution in [0.25, 0.3) is 0 Å². The number of thioether (sulfide) groups is 1. The number of anilines is 1. The van der Waals surface area contributed by atoms with E-state index in [1.54, 1.807) is 5.51 Å². The molecule has 2 aromatic rings. The lowest BCUT2D eigenvalue weighted by atomic mass is 9.96. The highest BCUT2D eigenvalue weighted by Crippen LogP contribution is 2.34. The number of aromatic nitrogens is 2. The molecule has 110 valence electrons. The molecule has 0 bridgehead atoms. The zero-order valence-corrected chi connectivity index (χ0v) is 13.5. The molecular formula is C15H17N3OS2. The molecule has 1 aromatic carbocycles. The van der Waals surface area contributed by atoms with E-state index >= 15 is 0 Å². The fourth-order valence-electron chi connectivity index (χ4n) is 2.67. The minimum Gasteiger partial charge on any atom is -0.311 e. The summed E-state index contributed by atoms with van der Waals surface area (Å²) in [6, 6.07) is 8.27. The van der Waals surface area contributed by atoms with E-state index in [0.29, 0.717) is 11.7 Å². The highest BCUT2D eigenvalue weighted by atomic mass is 32.2. The van der Waals surface area contributed by atoms with E-state index < -0.39 is 0 Å². The molecule has 0 saturated heterocycles. The molecule has 3 rings (SSSR count). The molecule has 0 fully saturated rings. The van der Waals surface area contributed by atoms with Crippen LogP contribution in [-0.2, 0) is 4.79 Å². The highest BCUT2D eigenvalue weighted by molar-refractivity contribution is 8.01. The Morgan fingerprint density at radius 1 is 1.48 bits per heavy atom. The molecule has 6 heteroatoms. The monoisotopic (exact) mass is 319 g/mol. The molecule has 1 aliphatic rings. The van der Waals surface area contributed by atoms with E-state index in [-0.39, 0.29) is 5.91 Å². The van der Waals surface area contributed by atoms with Crippen LogP contribution in [0.3, 0.4) is 0 Å². The van der Waals surface area contributed by atoms with Gasteiger partial charge in [-0.1, -0.05) is 48.2 Å². The first kappa shape index (κ1) is 14.5. The van der Waals surface area contributed by atoms with Gasteiger partial charge in [0.15, 0.2) is 4.34 Å². The second kappa shape index (κ2) is 6.58. The molecular weight excluding hydrogens is 302 g/mol. The van der Waals surface area contributed by atoms with Gasteiger partial charge in [-0.05, 0) is 30.4 Å². The molecule has 0 N–H and O–H groups in total. The van der Waals surface area contributed by atoms with Gasteiger partial charge in [-0.15, -0.1) is 10.2 Å². The van der Waals surface area contributed by atoms with Crippen LogP contribution in [0.2, 0.25) is 0 Å². The van der Waals surface area contributed by atoms with Gasteiger partial charge in [0.25, 0.3) is 0 Å². The van der Waals surface area contributed by atoms with Crippen LogP contribution < -0.4 is 4.90 Å². The van der Waals surface area contributed by atoms with Gasteiger partial charge in [0.1, 0.15) is 5.51 Å². The van der Waals surface area contributed by atoms with Gasteiger partial charge in [-0.2, -0.15) is 0 Å². The Hall–Kier alpha value is -1.40. The van der Waals surface area contributed by atoms with Crippen molar-refractivity contribution in [1.82, 2.24) is 10.2 Å². The molecule has 1 aromatic heterocycles. The molecule has 4 nitrogen and oxygen atoms in total. The van der Waals surface area contributed by atoms with Gasteiger partial charge in [0.2, 0.25) is 5.91 Å². The van der Waals surface area contributed by atoms with Crippen LogP contribution >= 0.6 is 23.1 Å². The smallest absolute Gasteiger partial charge is 0.237 e. The van der Waals surface area contributed by atoms with E-state index in [1.807, 2.05) is 11.0 Å². The van der Waals surface area contributed by atoms with Gasteiger partial charge < -0.3 is 4.90 Å². The Morgan fingerprint density at radius 2 is 2.33 bits per heavy atom. The van der Waals surface area contributed by atoms with Crippen molar-refractivity contribution >= 4 is 34.7 Å².